The van der Waals surface area contributed by atoms with Crippen LogP contribution in [-0.2, 0) is 4.79 Å². The number of thioether (sulfide) groups is 1. The van der Waals surface area contributed by atoms with E-state index in [0.29, 0.717) is 19.3 Å². The minimum Gasteiger partial charge on any atom is -0.387 e. The van der Waals surface area contributed by atoms with Crippen LogP contribution in [0.4, 0.5) is 0 Å². The average Bonchev–Trinajstić information content (AvgIpc) is 2.65. The van der Waals surface area contributed by atoms with Crippen LogP contribution in [0, 0.1) is 6.92 Å². The average molecular weight is 419 g/mol. The van der Waals surface area contributed by atoms with E-state index in [2.05, 4.69) is 23.8 Å². The lowest BCUT2D eigenvalue weighted by Gasteiger charge is -2.36. The van der Waals surface area contributed by atoms with Crippen LogP contribution in [0.2, 0.25) is 0 Å². The molecule has 0 heterocycles. The molecule has 152 valence electrons. The van der Waals surface area contributed by atoms with Gasteiger partial charge in [-0.05, 0) is 62.1 Å². The van der Waals surface area contributed by atoms with E-state index in [4.69, 9.17) is 12.2 Å². The molecule has 1 aromatic carbocycles. The second-order valence-corrected chi connectivity index (χ2v) is 8.02. The third-order valence-electron chi connectivity index (χ3n) is 4.30. The van der Waals surface area contributed by atoms with E-state index in [1.54, 1.807) is 30.0 Å². The van der Waals surface area contributed by atoms with E-state index in [-0.39, 0.29) is 17.1 Å². The largest absolute Gasteiger partial charge is 0.387 e. The van der Waals surface area contributed by atoms with Crippen LogP contribution in [0.1, 0.15) is 30.4 Å². The highest BCUT2D eigenvalue weighted by molar-refractivity contribution is 7.98. The van der Waals surface area contributed by atoms with E-state index < -0.39 is 5.60 Å². The molecule has 0 fully saturated rings. The van der Waals surface area contributed by atoms with E-state index >= 15 is 0 Å². The van der Waals surface area contributed by atoms with Crippen LogP contribution in [-0.4, -0.2) is 39.8 Å². The number of aryl methyl sites for hydroxylation is 1. The highest BCUT2D eigenvalue weighted by Crippen LogP contribution is 2.24. The van der Waals surface area contributed by atoms with Crippen molar-refractivity contribution in [2.75, 3.05) is 12.0 Å². The molecule has 0 saturated carbocycles. The Morgan fingerprint density at radius 1 is 1.29 bits per heavy atom. The molecule has 0 aromatic heterocycles. The summed E-state index contributed by atoms with van der Waals surface area (Å²) < 4.78 is 0. The van der Waals surface area contributed by atoms with Gasteiger partial charge in [0.15, 0.2) is 5.11 Å². The van der Waals surface area contributed by atoms with Gasteiger partial charge in [-0.1, -0.05) is 42.0 Å². The van der Waals surface area contributed by atoms with Gasteiger partial charge in [-0.2, -0.15) is 11.8 Å². The number of carbonyl (C=O) groups excluding carboxylic acids is 1. The fourth-order valence-corrected chi connectivity index (χ4v) is 3.49. The molecule has 1 rings (SSSR count). The van der Waals surface area contributed by atoms with Crippen molar-refractivity contribution in [2.24, 2.45) is 0 Å². The quantitative estimate of drug-likeness (QED) is 0.288. The summed E-state index contributed by atoms with van der Waals surface area (Å²) in [5.41, 5.74) is 1.03. The monoisotopic (exact) mass is 418 g/mol. The first-order valence-electron chi connectivity index (χ1n) is 9.14. The standard InChI is InChI=1S/C22H30N2O2S2/c1-5-14-22(26,15-6-2)19(13-16-28-4)23-21(27)24-20(25)12-11-18-9-7-17(3)8-10-18/h5-12,19,26H,1-2,13-16H2,3-4H3,(H2,23,24,25,27). The van der Waals surface area contributed by atoms with Gasteiger partial charge in [-0.3, -0.25) is 10.1 Å². The molecule has 3 N–H and O–H groups in total. The zero-order valence-electron chi connectivity index (χ0n) is 16.6. The van der Waals surface area contributed by atoms with E-state index in [1.807, 2.05) is 37.4 Å². The first-order valence-corrected chi connectivity index (χ1v) is 10.9. The van der Waals surface area contributed by atoms with Crippen LogP contribution < -0.4 is 10.6 Å². The summed E-state index contributed by atoms with van der Waals surface area (Å²) in [6, 6.07) is 7.53. The van der Waals surface area contributed by atoms with Crippen molar-refractivity contribution in [2.45, 2.75) is 37.8 Å². The molecule has 0 radical (unpaired) electrons. The van der Waals surface area contributed by atoms with Gasteiger partial charge in [-0.15, -0.1) is 13.2 Å². The third-order valence-corrected chi connectivity index (χ3v) is 5.17. The Morgan fingerprint density at radius 3 is 2.43 bits per heavy atom. The summed E-state index contributed by atoms with van der Waals surface area (Å²) in [4.78, 5) is 12.2. The smallest absolute Gasteiger partial charge is 0.250 e. The van der Waals surface area contributed by atoms with Crippen molar-refractivity contribution in [3.8, 4) is 0 Å². The minimum absolute atomic E-state index is 0.191. The lowest BCUT2D eigenvalue weighted by atomic mass is 9.85. The van der Waals surface area contributed by atoms with Crippen LogP contribution in [0.15, 0.2) is 55.7 Å². The molecule has 1 amide bonds. The van der Waals surface area contributed by atoms with Gasteiger partial charge < -0.3 is 10.4 Å². The van der Waals surface area contributed by atoms with Gasteiger partial charge in [0.2, 0.25) is 5.91 Å². The van der Waals surface area contributed by atoms with Crippen LogP contribution >= 0.6 is 24.0 Å². The number of aliphatic hydroxyl groups is 1. The van der Waals surface area contributed by atoms with Crippen LogP contribution in [0.3, 0.4) is 0 Å². The van der Waals surface area contributed by atoms with Crippen molar-refractivity contribution in [3.05, 3.63) is 66.8 Å². The number of nitrogens with one attached hydrogen (secondary N) is 2. The molecule has 1 unspecified atom stereocenters. The molecule has 1 aromatic rings. The van der Waals surface area contributed by atoms with Crippen molar-refractivity contribution in [3.63, 3.8) is 0 Å². The van der Waals surface area contributed by atoms with E-state index in [0.717, 1.165) is 16.9 Å². The maximum atomic E-state index is 12.2. The number of benzene rings is 1. The molecule has 1 atom stereocenters. The normalized spacial score (nSPS) is 12.4. The Morgan fingerprint density at radius 2 is 1.89 bits per heavy atom. The summed E-state index contributed by atoms with van der Waals surface area (Å²) in [7, 11) is 0. The Hall–Kier alpha value is -1.89. The Kier molecular flexibility index (Phi) is 10.8. The Bertz CT molecular complexity index is 689. The first kappa shape index (κ1) is 24.1. The lowest BCUT2D eigenvalue weighted by Crippen LogP contribution is -2.55. The maximum Gasteiger partial charge on any atom is 0.250 e. The van der Waals surface area contributed by atoms with E-state index in [9.17, 15) is 9.90 Å². The number of carbonyl (C=O) groups is 1. The summed E-state index contributed by atoms with van der Waals surface area (Å²) >= 11 is 6.98. The SMILES string of the molecule is C=CCC(O)(CC=C)C(CCSC)NC(=S)NC(=O)C=Cc1ccc(C)cc1. The van der Waals surface area contributed by atoms with E-state index in [1.165, 1.54) is 6.08 Å². The number of thiocarbonyl (C=S) groups is 1. The van der Waals surface area contributed by atoms with Gasteiger partial charge in [-0.25, -0.2) is 0 Å². The Balaban J connectivity index is 2.75. The first-order chi connectivity index (χ1) is 13.3. The zero-order chi connectivity index (χ0) is 21.0. The predicted molar refractivity (Wildman–Crippen MR) is 125 cm³/mol. The highest BCUT2D eigenvalue weighted by atomic mass is 32.2. The van der Waals surface area contributed by atoms with Crippen molar-refractivity contribution < 1.29 is 9.90 Å². The van der Waals surface area contributed by atoms with Crippen molar-refractivity contribution in [1.29, 1.82) is 0 Å². The van der Waals surface area contributed by atoms with Gasteiger partial charge in [0.05, 0.1) is 11.6 Å². The van der Waals surface area contributed by atoms with Crippen LogP contribution in [0.25, 0.3) is 6.08 Å². The highest BCUT2D eigenvalue weighted by Gasteiger charge is 2.34. The summed E-state index contributed by atoms with van der Waals surface area (Å²) in [6.45, 7) is 9.49. The number of amides is 1. The number of hydrogen-bond acceptors (Lipinski definition) is 4. The molecule has 6 heteroatoms. The van der Waals surface area contributed by atoms with Gasteiger partial charge in [0.1, 0.15) is 0 Å². The number of hydrogen-bond donors (Lipinski definition) is 3. The van der Waals surface area contributed by atoms with Crippen molar-refractivity contribution >= 4 is 41.1 Å². The molecule has 0 aliphatic carbocycles. The van der Waals surface area contributed by atoms with Crippen LogP contribution in [0.5, 0.6) is 0 Å². The topological polar surface area (TPSA) is 61.4 Å². The van der Waals surface area contributed by atoms with Crippen molar-refractivity contribution in [1.82, 2.24) is 10.6 Å². The third kappa shape index (κ3) is 8.42. The van der Waals surface area contributed by atoms with Gasteiger partial charge in [0, 0.05) is 6.08 Å². The summed E-state index contributed by atoms with van der Waals surface area (Å²) in [5.74, 6) is 0.524. The fraction of sp³-hybridized carbons (Fsp3) is 0.364. The number of rotatable bonds is 11. The molecule has 0 saturated heterocycles. The molecular weight excluding hydrogens is 388 g/mol. The molecule has 0 spiro atoms. The van der Waals surface area contributed by atoms with Gasteiger partial charge in [0.25, 0.3) is 0 Å². The molecule has 28 heavy (non-hydrogen) atoms. The summed E-state index contributed by atoms with van der Waals surface area (Å²) in [5, 5.41) is 17.0. The molecular formula is C22H30N2O2S2. The second-order valence-electron chi connectivity index (χ2n) is 6.63. The predicted octanol–water partition coefficient (Wildman–Crippen LogP) is 4.00. The molecule has 4 nitrogen and oxygen atoms in total. The molecule has 0 aliphatic heterocycles. The lowest BCUT2D eigenvalue weighted by molar-refractivity contribution is -0.115. The maximum absolute atomic E-state index is 12.2. The zero-order valence-corrected chi connectivity index (χ0v) is 18.2. The molecule has 0 aliphatic rings. The summed E-state index contributed by atoms with van der Waals surface area (Å²) in [6.07, 6.45) is 10.0. The Labute approximate surface area is 178 Å². The minimum atomic E-state index is -1.06. The fourth-order valence-electron chi connectivity index (χ4n) is 2.78. The molecule has 0 bridgehead atoms. The van der Waals surface area contributed by atoms with Gasteiger partial charge >= 0.3 is 0 Å². The second kappa shape index (κ2) is 12.5.